The Morgan fingerprint density at radius 2 is 1.78 bits per heavy atom. The number of ketones is 1. The minimum atomic E-state index is -0.337. The van der Waals surface area contributed by atoms with Crippen LogP contribution in [0.2, 0.25) is 0 Å². The van der Waals surface area contributed by atoms with E-state index >= 15 is 0 Å². The highest BCUT2D eigenvalue weighted by molar-refractivity contribution is 5.97. The van der Waals surface area contributed by atoms with Crippen LogP contribution in [0.15, 0.2) is 42.5 Å². The molecule has 92 valence electrons. The van der Waals surface area contributed by atoms with Crippen LogP contribution in [0.25, 0.3) is 10.8 Å². The number of hydrogen-bond donors (Lipinski definition) is 2. The molecule has 0 spiro atoms. The van der Waals surface area contributed by atoms with Gasteiger partial charge in [0.25, 0.3) is 0 Å². The van der Waals surface area contributed by atoms with E-state index in [-0.39, 0.29) is 18.1 Å². The molecule has 0 aliphatic heterocycles. The van der Waals surface area contributed by atoms with Crippen LogP contribution in [0.4, 0.5) is 5.69 Å². The van der Waals surface area contributed by atoms with Crippen molar-refractivity contribution in [1.82, 2.24) is 5.43 Å². The summed E-state index contributed by atoms with van der Waals surface area (Å²) in [6, 6.07) is 13.7. The highest BCUT2D eigenvalue weighted by Crippen LogP contribution is 2.18. The van der Waals surface area contributed by atoms with Gasteiger partial charge in [0.05, 0.1) is 12.1 Å². The Hall–Kier alpha value is -2.36. The Morgan fingerprint density at radius 1 is 1.06 bits per heavy atom. The Morgan fingerprint density at radius 3 is 2.50 bits per heavy atom. The first-order valence-electron chi connectivity index (χ1n) is 5.68. The van der Waals surface area contributed by atoms with Crippen molar-refractivity contribution in [1.29, 1.82) is 0 Å². The van der Waals surface area contributed by atoms with Gasteiger partial charge in [-0.25, -0.2) is 0 Å². The van der Waals surface area contributed by atoms with E-state index in [1.165, 1.54) is 6.92 Å². The lowest BCUT2D eigenvalue weighted by molar-refractivity contribution is -0.126. The lowest BCUT2D eigenvalue weighted by Gasteiger charge is -2.08. The summed E-state index contributed by atoms with van der Waals surface area (Å²) in [5, 5.41) is 2.22. The third kappa shape index (κ3) is 3.07. The van der Waals surface area contributed by atoms with Crippen LogP contribution in [-0.2, 0) is 9.59 Å². The summed E-state index contributed by atoms with van der Waals surface area (Å²) in [5.41, 5.74) is 6.06. The zero-order valence-corrected chi connectivity index (χ0v) is 10.1. The van der Waals surface area contributed by atoms with Crippen LogP contribution < -0.4 is 10.9 Å². The number of benzene rings is 2. The van der Waals surface area contributed by atoms with Crippen molar-refractivity contribution < 1.29 is 9.59 Å². The first-order valence-corrected chi connectivity index (χ1v) is 5.68. The zero-order valence-electron chi connectivity index (χ0n) is 10.1. The number of hydrazine groups is 1. The van der Waals surface area contributed by atoms with Gasteiger partial charge in [-0.1, -0.05) is 30.3 Å². The van der Waals surface area contributed by atoms with Gasteiger partial charge in [-0.05, 0) is 29.8 Å². The van der Waals surface area contributed by atoms with Crippen molar-refractivity contribution in [3.63, 3.8) is 0 Å². The Balaban J connectivity index is 2.04. The summed E-state index contributed by atoms with van der Waals surface area (Å²) in [6.45, 7) is 1.38. The van der Waals surface area contributed by atoms with Crippen LogP contribution in [0.5, 0.6) is 0 Å². The third-order valence-electron chi connectivity index (χ3n) is 2.51. The van der Waals surface area contributed by atoms with Gasteiger partial charge < -0.3 is 0 Å². The molecule has 18 heavy (non-hydrogen) atoms. The zero-order chi connectivity index (χ0) is 13.0. The predicted molar refractivity (Wildman–Crippen MR) is 71.0 cm³/mol. The maximum atomic E-state index is 11.3. The monoisotopic (exact) mass is 242 g/mol. The van der Waals surface area contributed by atoms with Crippen molar-refractivity contribution in [3.8, 4) is 0 Å². The van der Waals surface area contributed by atoms with Crippen LogP contribution in [0, 0.1) is 0 Å². The van der Waals surface area contributed by atoms with Crippen molar-refractivity contribution >= 4 is 28.2 Å². The average Bonchev–Trinajstić information content (AvgIpc) is 2.35. The molecule has 0 aromatic heterocycles. The SMILES string of the molecule is CC(=O)CC(=O)NNc1ccc2ccccc2c1. The lowest BCUT2D eigenvalue weighted by atomic mass is 10.1. The minimum absolute atomic E-state index is 0.111. The van der Waals surface area contributed by atoms with E-state index in [4.69, 9.17) is 0 Å². The summed E-state index contributed by atoms with van der Waals surface area (Å²) >= 11 is 0. The normalized spacial score (nSPS) is 10.1. The van der Waals surface area contributed by atoms with Gasteiger partial charge in [0.2, 0.25) is 5.91 Å². The molecular weight excluding hydrogens is 228 g/mol. The molecule has 4 heteroatoms. The Labute approximate surface area is 105 Å². The van der Waals surface area contributed by atoms with Gasteiger partial charge in [-0.2, -0.15) is 0 Å². The van der Waals surface area contributed by atoms with E-state index < -0.39 is 0 Å². The number of rotatable bonds is 4. The second-order valence-electron chi connectivity index (χ2n) is 4.11. The van der Waals surface area contributed by atoms with Gasteiger partial charge in [0, 0.05) is 0 Å². The van der Waals surface area contributed by atoms with Crippen LogP contribution in [0.3, 0.4) is 0 Å². The van der Waals surface area contributed by atoms with E-state index in [2.05, 4.69) is 10.9 Å². The molecule has 0 fully saturated rings. The summed E-state index contributed by atoms with van der Waals surface area (Å²) < 4.78 is 0. The molecule has 0 radical (unpaired) electrons. The lowest BCUT2D eigenvalue weighted by Crippen LogP contribution is -2.30. The molecule has 0 saturated carbocycles. The predicted octanol–water partition coefficient (Wildman–Crippen LogP) is 2.26. The number of anilines is 1. The fraction of sp³-hybridized carbons (Fsp3) is 0.143. The van der Waals surface area contributed by atoms with Crippen molar-refractivity contribution in [3.05, 3.63) is 42.5 Å². The van der Waals surface area contributed by atoms with Crippen LogP contribution in [-0.4, -0.2) is 11.7 Å². The second kappa shape index (κ2) is 5.31. The van der Waals surface area contributed by atoms with Gasteiger partial charge in [-0.3, -0.25) is 20.4 Å². The van der Waals surface area contributed by atoms with Gasteiger partial charge >= 0.3 is 0 Å². The number of nitrogens with one attached hydrogen (secondary N) is 2. The molecule has 0 aliphatic carbocycles. The Kier molecular flexibility index (Phi) is 3.57. The maximum Gasteiger partial charge on any atom is 0.245 e. The minimum Gasteiger partial charge on any atom is -0.299 e. The highest BCUT2D eigenvalue weighted by Gasteiger charge is 2.04. The molecule has 2 aromatic rings. The van der Waals surface area contributed by atoms with E-state index in [9.17, 15) is 9.59 Å². The van der Waals surface area contributed by atoms with Crippen LogP contribution >= 0.6 is 0 Å². The van der Waals surface area contributed by atoms with Gasteiger partial charge in [0.15, 0.2) is 0 Å². The van der Waals surface area contributed by atoms with E-state index in [1.807, 2.05) is 42.5 Å². The molecule has 0 heterocycles. The maximum absolute atomic E-state index is 11.3. The molecule has 0 atom stereocenters. The van der Waals surface area contributed by atoms with Crippen molar-refractivity contribution in [2.24, 2.45) is 0 Å². The molecule has 1 amide bonds. The topological polar surface area (TPSA) is 58.2 Å². The first kappa shape index (κ1) is 12.1. The quantitative estimate of drug-likeness (QED) is 0.638. The number of fused-ring (bicyclic) bond motifs is 1. The number of Topliss-reactive ketones (excluding diaryl/α,β-unsaturated/α-hetero) is 1. The fourth-order valence-electron chi connectivity index (χ4n) is 1.68. The standard InChI is InChI=1S/C14H14N2O2/c1-10(17)8-14(18)16-15-13-7-6-11-4-2-3-5-12(11)9-13/h2-7,9,15H,8H2,1H3,(H,16,18). The summed E-state index contributed by atoms with van der Waals surface area (Å²) in [7, 11) is 0. The van der Waals surface area contributed by atoms with Crippen LogP contribution in [0.1, 0.15) is 13.3 Å². The van der Waals surface area contributed by atoms with Gasteiger partial charge in [-0.15, -0.1) is 0 Å². The summed E-state index contributed by atoms with van der Waals surface area (Å²) in [4.78, 5) is 22.0. The van der Waals surface area contributed by atoms with E-state index in [0.29, 0.717) is 0 Å². The van der Waals surface area contributed by atoms with Crippen molar-refractivity contribution in [2.45, 2.75) is 13.3 Å². The number of carbonyl (C=O) groups excluding carboxylic acids is 2. The highest BCUT2D eigenvalue weighted by atomic mass is 16.2. The van der Waals surface area contributed by atoms with E-state index in [1.54, 1.807) is 0 Å². The summed E-state index contributed by atoms with van der Waals surface area (Å²) in [6.07, 6.45) is -0.111. The second-order valence-corrected chi connectivity index (χ2v) is 4.11. The van der Waals surface area contributed by atoms with E-state index in [0.717, 1.165) is 16.5 Å². The number of amides is 1. The average molecular weight is 242 g/mol. The van der Waals surface area contributed by atoms with Gasteiger partial charge in [0.1, 0.15) is 5.78 Å². The van der Waals surface area contributed by atoms with Crippen molar-refractivity contribution in [2.75, 3.05) is 5.43 Å². The summed E-state index contributed by atoms with van der Waals surface area (Å²) in [5.74, 6) is -0.497. The molecule has 4 nitrogen and oxygen atoms in total. The third-order valence-corrected chi connectivity index (χ3v) is 2.51. The molecule has 2 aromatic carbocycles. The number of hydrogen-bond acceptors (Lipinski definition) is 3. The molecule has 0 bridgehead atoms. The molecule has 0 saturated heterocycles. The largest absolute Gasteiger partial charge is 0.299 e. The Bertz CT molecular complexity index is 593. The first-order chi connectivity index (χ1) is 8.65. The molecular formula is C14H14N2O2. The molecule has 2 rings (SSSR count). The fourth-order valence-corrected chi connectivity index (χ4v) is 1.68. The molecule has 2 N–H and O–H groups in total. The molecule has 0 unspecified atom stereocenters. The smallest absolute Gasteiger partial charge is 0.245 e. The number of carbonyl (C=O) groups is 2. The molecule has 0 aliphatic rings.